The number of carboxylic acid groups (broad SMARTS) is 1. The lowest BCUT2D eigenvalue weighted by atomic mass is 9.97. The summed E-state index contributed by atoms with van der Waals surface area (Å²) in [6.07, 6.45) is 7.17. The Bertz CT molecular complexity index is 1330. The number of carboxylic acids is 1. The van der Waals surface area contributed by atoms with Crippen molar-refractivity contribution < 1.29 is 18.7 Å². The molecule has 7 heteroatoms. The summed E-state index contributed by atoms with van der Waals surface area (Å²) < 4.78 is 20.5. The predicted octanol–water partition coefficient (Wildman–Crippen LogP) is 6.90. The molecule has 0 spiro atoms. The standard InChI is InChI=1S/C21H17FN2O.C9H17NO2/c1-3-14-9-10-16(11-17(14)22)19-18-13(2)23-12-24-21(18)25-20(19)15-7-5-4-6-8-15;11-9(12)5-4-8-10-6-2-1-3-7-10/h4-12H,3H2,1-2H3;1-8H2,(H,11,12). The molecule has 0 aliphatic carbocycles. The highest BCUT2D eigenvalue weighted by molar-refractivity contribution is 6.01. The minimum Gasteiger partial charge on any atom is -0.481 e. The number of benzene rings is 2. The van der Waals surface area contributed by atoms with Crippen LogP contribution in [-0.4, -0.2) is 45.6 Å². The monoisotopic (exact) mass is 503 g/mol. The molecule has 2 aromatic carbocycles. The SMILES string of the molecule is CCc1ccc(-c2c(-c3ccccc3)oc3ncnc(C)c23)cc1F.O=C(O)CCCN1CCCCC1. The van der Waals surface area contributed by atoms with Gasteiger partial charge in [0.25, 0.3) is 0 Å². The zero-order valence-corrected chi connectivity index (χ0v) is 21.5. The molecule has 0 saturated carbocycles. The van der Waals surface area contributed by atoms with Crippen LogP contribution in [0.4, 0.5) is 4.39 Å². The molecule has 0 atom stereocenters. The molecule has 1 N–H and O–H groups in total. The highest BCUT2D eigenvalue weighted by Crippen LogP contribution is 2.41. The zero-order valence-electron chi connectivity index (χ0n) is 21.5. The number of hydrogen-bond donors (Lipinski definition) is 1. The third kappa shape index (κ3) is 6.60. The van der Waals surface area contributed by atoms with Gasteiger partial charge in [-0.2, -0.15) is 0 Å². The van der Waals surface area contributed by atoms with Gasteiger partial charge in [-0.25, -0.2) is 14.4 Å². The van der Waals surface area contributed by atoms with Crippen LogP contribution in [0.15, 0.2) is 59.3 Å². The second kappa shape index (κ2) is 12.6. The van der Waals surface area contributed by atoms with E-state index in [1.807, 2.05) is 56.3 Å². The minimum atomic E-state index is -0.674. The van der Waals surface area contributed by atoms with Gasteiger partial charge in [0.1, 0.15) is 17.9 Å². The molecule has 1 saturated heterocycles. The van der Waals surface area contributed by atoms with Crippen molar-refractivity contribution in [1.29, 1.82) is 0 Å². The van der Waals surface area contributed by atoms with Crippen LogP contribution in [0.3, 0.4) is 0 Å². The molecule has 5 rings (SSSR count). The van der Waals surface area contributed by atoms with Crippen molar-refractivity contribution >= 4 is 17.1 Å². The summed E-state index contributed by atoms with van der Waals surface area (Å²) in [6, 6.07) is 15.1. The topological polar surface area (TPSA) is 79.5 Å². The molecule has 0 bridgehead atoms. The number of carbonyl (C=O) groups is 1. The first kappa shape index (κ1) is 26.5. The van der Waals surface area contributed by atoms with Gasteiger partial charge in [0.15, 0.2) is 0 Å². The molecule has 3 heterocycles. The first-order valence-electron chi connectivity index (χ1n) is 13.0. The van der Waals surface area contributed by atoms with Crippen LogP contribution in [0, 0.1) is 12.7 Å². The van der Waals surface area contributed by atoms with Crippen LogP contribution < -0.4 is 0 Å². The summed E-state index contributed by atoms with van der Waals surface area (Å²) >= 11 is 0. The molecule has 194 valence electrons. The van der Waals surface area contributed by atoms with E-state index < -0.39 is 5.97 Å². The van der Waals surface area contributed by atoms with Gasteiger partial charge in [-0.05, 0) is 69.4 Å². The maximum Gasteiger partial charge on any atom is 0.303 e. The zero-order chi connectivity index (χ0) is 26.2. The van der Waals surface area contributed by atoms with Gasteiger partial charge in [-0.3, -0.25) is 4.79 Å². The Morgan fingerprint density at radius 1 is 1.05 bits per heavy atom. The van der Waals surface area contributed by atoms with E-state index in [1.165, 1.54) is 38.7 Å². The highest BCUT2D eigenvalue weighted by atomic mass is 19.1. The largest absolute Gasteiger partial charge is 0.481 e. The van der Waals surface area contributed by atoms with Crippen molar-refractivity contribution in [2.75, 3.05) is 19.6 Å². The van der Waals surface area contributed by atoms with Crippen LogP contribution in [-0.2, 0) is 11.2 Å². The molecule has 2 aromatic heterocycles. The van der Waals surface area contributed by atoms with Crippen LogP contribution in [0.1, 0.15) is 50.3 Å². The van der Waals surface area contributed by atoms with Crippen LogP contribution in [0.5, 0.6) is 0 Å². The van der Waals surface area contributed by atoms with Crippen molar-refractivity contribution in [1.82, 2.24) is 14.9 Å². The Balaban J connectivity index is 0.000000225. The molecule has 1 aliphatic heterocycles. The number of aliphatic carboxylic acids is 1. The molecule has 0 amide bonds. The average Bonchev–Trinajstić information content (AvgIpc) is 3.31. The predicted molar refractivity (Wildman–Crippen MR) is 144 cm³/mol. The van der Waals surface area contributed by atoms with Gasteiger partial charge < -0.3 is 14.4 Å². The lowest BCUT2D eigenvalue weighted by molar-refractivity contribution is -0.137. The van der Waals surface area contributed by atoms with E-state index in [9.17, 15) is 9.18 Å². The van der Waals surface area contributed by atoms with Crippen molar-refractivity contribution in [3.05, 3.63) is 71.9 Å². The number of halogens is 1. The van der Waals surface area contributed by atoms with Gasteiger partial charge >= 0.3 is 5.97 Å². The van der Waals surface area contributed by atoms with Crippen LogP contribution in [0.2, 0.25) is 0 Å². The van der Waals surface area contributed by atoms with Crippen molar-refractivity contribution in [3.8, 4) is 22.5 Å². The Labute approximate surface area is 217 Å². The Hall–Kier alpha value is -3.58. The third-order valence-electron chi connectivity index (χ3n) is 6.75. The molecule has 6 nitrogen and oxygen atoms in total. The molecule has 37 heavy (non-hydrogen) atoms. The van der Waals surface area contributed by atoms with Gasteiger partial charge in [0, 0.05) is 17.5 Å². The van der Waals surface area contributed by atoms with Gasteiger partial charge in [-0.15, -0.1) is 0 Å². The Morgan fingerprint density at radius 3 is 2.49 bits per heavy atom. The Kier molecular flexibility index (Phi) is 9.01. The fourth-order valence-electron chi connectivity index (χ4n) is 4.77. The molecule has 4 aromatic rings. The first-order valence-corrected chi connectivity index (χ1v) is 13.0. The average molecular weight is 504 g/mol. The smallest absolute Gasteiger partial charge is 0.303 e. The second-order valence-corrected chi connectivity index (χ2v) is 9.37. The van der Waals surface area contributed by atoms with Gasteiger partial charge in [-0.1, -0.05) is 55.8 Å². The third-order valence-corrected chi connectivity index (χ3v) is 6.75. The molecule has 1 aliphatic rings. The quantitative estimate of drug-likeness (QED) is 0.295. The molecule has 0 radical (unpaired) electrons. The number of piperidine rings is 1. The van der Waals surface area contributed by atoms with E-state index in [1.54, 1.807) is 6.07 Å². The van der Waals surface area contributed by atoms with Crippen molar-refractivity contribution in [2.24, 2.45) is 0 Å². The molecule has 0 unspecified atom stereocenters. The van der Waals surface area contributed by atoms with Crippen molar-refractivity contribution in [2.45, 2.75) is 52.4 Å². The number of hydrogen-bond acceptors (Lipinski definition) is 5. The van der Waals surface area contributed by atoms with Gasteiger partial charge in [0.2, 0.25) is 5.71 Å². The summed E-state index contributed by atoms with van der Waals surface area (Å²) in [5, 5.41) is 9.25. The Morgan fingerprint density at radius 2 is 1.81 bits per heavy atom. The van der Waals surface area contributed by atoms with Gasteiger partial charge in [0.05, 0.1) is 11.1 Å². The van der Waals surface area contributed by atoms with E-state index >= 15 is 0 Å². The van der Waals surface area contributed by atoms with E-state index in [0.717, 1.165) is 40.7 Å². The number of rotatable bonds is 7. The normalized spacial score (nSPS) is 13.8. The van der Waals surface area contributed by atoms with E-state index in [0.29, 0.717) is 29.9 Å². The molecule has 1 fully saturated rings. The number of aryl methyl sites for hydroxylation is 2. The van der Waals surface area contributed by atoms with E-state index in [4.69, 9.17) is 9.52 Å². The summed E-state index contributed by atoms with van der Waals surface area (Å²) in [5.74, 6) is -0.197. The number of fused-ring (bicyclic) bond motifs is 1. The number of likely N-dealkylation sites (tertiary alicyclic amines) is 1. The van der Waals surface area contributed by atoms with Crippen LogP contribution >= 0.6 is 0 Å². The first-order chi connectivity index (χ1) is 18.0. The van der Waals surface area contributed by atoms with Crippen molar-refractivity contribution in [3.63, 3.8) is 0 Å². The molecular formula is C30H34FN3O3. The second-order valence-electron chi connectivity index (χ2n) is 9.37. The maximum absolute atomic E-state index is 14.4. The number of furan rings is 1. The summed E-state index contributed by atoms with van der Waals surface area (Å²) in [6.45, 7) is 7.15. The highest BCUT2D eigenvalue weighted by Gasteiger charge is 2.21. The summed E-state index contributed by atoms with van der Waals surface area (Å²) in [4.78, 5) is 21.1. The summed E-state index contributed by atoms with van der Waals surface area (Å²) in [7, 11) is 0. The molecular weight excluding hydrogens is 469 g/mol. The lowest BCUT2D eigenvalue weighted by Gasteiger charge is -2.25. The lowest BCUT2D eigenvalue weighted by Crippen LogP contribution is -2.30. The summed E-state index contributed by atoms with van der Waals surface area (Å²) in [5.41, 5.74) is 4.55. The fourth-order valence-corrected chi connectivity index (χ4v) is 4.77. The number of aromatic nitrogens is 2. The number of nitrogens with zero attached hydrogens (tertiary/aromatic N) is 3. The van der Waals surface area contributed by atoms with Crippen LogP contribution in [0.25, 0.3) is 33.6 Å². The fraction of sp³-hybridized carbons (Fsp3) is 0.367. The van der Waals surface area contributed by atoms with E-state index in [2.05, 4.69) is 14.9 Å². The minimum absolute atomic E-state index is 0.206. The van der Waals surface area contributed by atoms with E-state index in [-0.39, 0.29) is 5.82 Å². The maximum atomic E-state index is 14.4.